The van der Waals surface area contributed by atoms with Crippen molar-refractivity contribution in [1.82, 2.24) is 4.90 Å². The molecule has 2 bridgehead atoms. The largest absolute Gasteiger partial charge is 0.396 e. The first-order valence-electron chi connectivity index (χ1n) is 5.93. The number of likely N-dealkylation sites (tertiary alicyclic amines) is 1. The van der Waals surface area contributed by atoms with Crippen LogP contribution >= 0.6 is 11.8 Å². The van der Waals surface area contributed by atoms with E-state index in [1.165, 1.54) is 4.90 Å². The van der Waals surface area contributed by atoms with Crippen molar-refractivity contribution in [3.05, 3.63) is 0 Å². The van der Waals surface area contributed by atoms with Crippen LogP contribution < -0.4 is 0 Å². The van der Waals surface area contributed by atoms with Gasteiger partial charge in [0, 0.05) is 18.9 Å². The minimum atomic E-state index is -0.389. The van der Waals surface area contributed by atoms with Crippen molar-refractivity contribution in [3.63, 3.8) is 0 Å². The standard InChI is InChI=1S/C11H17NO4S/c13-5-1-6-17-7-4-12-10(14)8-2-3-9(16-8)11(12)15/h8-9,13H,1-7H2. The Balaban J connectivity index is 1.79. The predicted molar refractivity (Wildman–Crippen MR) is 63.6 cm³/mol. The highest BCUT2D eigenvalue weighted by Gasteiger charge is 2.45. The van der Waals surface area contributed by atoms with Crippen molar-refractivity contribution in [3.8, 4) is 0 Å². The zero-order valence-electron chi connectivity index (χ0n) is 9.63. The number of hydrogen-bond acceptors (Lipinski definition) is 5. The fourth-order valence-electron chi connectivity index (χ4n) is 2.10. The lowest BCUT2D eigenvalue weighted by atomic mass is 10.2. The van der Waals surface area contributed by atoms with E-state index in [-0.39, 0.29) is 30.6 Å². The first kappa shape index (κ1) is 12.9. The maximum Gasteiger partial charge on any atom is 0.258 e. The molecule has 2 aliphatic rings. The molecule has 0 radical (unpaired) electrons. The minimum absolute atomic E-state index is 0.175. The fraction of sp³-hybridized carbons (Fsp3) is 0.818. The van der Waals surface area contributed by atoms with Crippen LogP contribution in [0.2, 0.25) is 0 Å². The molecule has 0 aromatic rings. The van der Waals surface area contributed by atoms with E-state index < -0.39 is 0 Å². The van der Waals surface area contributed by atoms with Gasteiger partial charge in [0.25, 0.3) is 11.8 Å². The molecule has 2 rings (SSSR count). The smallest absolute Gasteiger partial charge is 0.258 e. The first-order chi connectivity index (χ1) is 8.24. The normalized spacial score (nSPS) is 27.9. The Morgan fingerprint density at radius 3 is 2.47 bits per heavy atom. The van der Waals surface area contributed by atoms with Gasteiger partial charge < -0.3 is 9.84 Å². The number of carbonyl (C=O) groups is 2. The molecular formula is C11H17NO4S. The molecule has 0 saturated carbocycles. The molecule has 2 aliphatic heterocycles. The van der Waals surface area contributed by atoms with Crippen molar-refractivity contribution < 1.29 is 19.4 Å². The SMILES string of the molecule is O=C1C2CCC(O2)C(=O)N1CCSCCCO. The Labute approximate surface area is 104 Å². The third-order valence-corrected chi connectivity index (χ3v) is 4.06. The molecule has 5 nitrogen and oxygen atoms in total. The zero-order chi connectivity index (χ0) is 12.3. The summed E-state index contributed by atoms with van der Waals surface area (Å²) in [6, 6.07) is 0. The molecule has 0 aliphatic carbocycles. The number of nitrogens with zero attached hydrogens (tertiary/aromatic N) is 1. The molecule has 2 amide bonds. The number of aliphatic hydroxyl groups excluding tert-OH is 1. The van der Waals surface area contributed by atoms with Gasteiger partial charge in [0.05, 0.1) is 0 Å². The average Bonchev–Trinajstić information content (AvgIpc) is 2.77. The second-order valence-corrected chi connectivity index (χ2v) is 5.43. The number of aliphatic hydroxyl groups is 1. The van der Waals surface area contributed by atoms with E-state index >= 15 is 0 Å². The fourth-order valence-corrected chi connectivity index (χ4v) is 2.95. The van der Waals surface area contributed by atoms with Crippen molar-refractivity contribution in [2.45, 2.75) is 31.5 Å². The van der Waals surface area contributed by atoms with E-state index in [1.807, 2.05) is 0 Å². The number of rotatable bonds is 6. The second kappa shape index (κ2) is 5.84. The zero-order valence-corrected chi connectivity index (χ0v) is 10.4. The van der Waals surface area contributed by atoms with Gasteiger partial charge in [-0.25, -0.2) is 0 Å². The van der Waals surface area contributed by atoms with Gasteiger partial charge in [-0.2, -0.15) is 11.8 Å². The molecular weight excluding hydrogens is 242 g/mol. The van der Waals surface area contributed by atoms with Crippen molar-refractivity contribution in [2.75, 3.05) is 24.7 Å². The quantitative estimate of drug-likeness (QED) is 0.538. The molecule has 2 atom stereocenters. The Morgan fingerprint density at radius 2 is 1.88 bits per heavy atom. The third-order valence-electron chi connectivity index (χ3n) is 3.01. The summed E-state index contributed by atoms with van der Waals surface area (Å²) in [4.78, 5) is 25.0. The number of fused-ring (bicyclic) bond motifs is 2. The van der Waals surface area contributed by atoms with Gasteiger partial charge in [0.15, 0.2) is 0 Å². The molecule has 96 valence electrons. The Morgan fingerprint density at radius 1 is 1.24 bits per heavy atom. The van der Waals surface area contributed by atoms with Crippen LogP contribution in [0.25, 0.3) is 0 Å². The summed E-state index contributed by atoms with van der Waals surface area (Å²) in [5.74, 6) is 1.24. The highest BCUT2D eigenvalue weighted by Crippen LogP contribution is 2.28. The lowest BCUT2D eigenvalue weighted by molar-refractivity contribution is -0.167. The van der Waals surface area contributed by atoms with Crippen molar-refractivity contribution in [2.24, 2.45) is 0 Å². The van der Waals surface area contributed by atoms with E-state index in [1.54, 1.807) is 11.8 Å². The summed E-state index contributed by atoms with van der Waals surface area (Å²) in [5, 5.41) is 8.63. The summed E-state index contributed by atoms with van der Waals surface area (Å²) in [6.45, 7) is 0.649. The van der Waals surface area contributed by atoms with Crippen LogP contribution in [0.1, 0.15) is 19.3 Å². The van der Waals surface area contributed by atoms with Crippen LogP contribution in [0, 0.1) is 0 Å². The van der Waals surface area contributed by atoms with Gasteiger partial charge >= 0.3 is 0 Å². The summed E-state index contributed by atoms with van der Waals surface area (Å²) >= 11 is 1.65. The maximum absolute atomic E-state index is 11.8. The topological polar surface area (TPSA) is 66.8 Å². The highest BCUT2D eigenvalue weighted by molar-refractivity contribution is 7.99. The van der Waals surface area contributed by atoms with Crippen molar-refractivity contribution >= 4 is 23.6 Å². The number of morpholine rings is 1. The van der Waals surface area contributed by atoms with Crippen LogP contribution in [0.5, 0.6) is 0 Å². The lowest BCUT2D eigenvalue weighted by Crippen LogP contribution is -2.52. The Bertz CT molecular complexity index is 288. The molecule has 0 aromatic carbocycles. The molecule has 2 fully saturated rings. The molecule has 2 heterocycles. The van der Waals surface area contributed by atoms with Crippen LogP contribution in [0.4, 0.5) is 0 Å². The van der Waals surface area contributed by atoms with Gasteiger partial charge in [-0.3, -0.25) is 14.5 Å². The third kappa shape index (κ3) is 2.81. The number of ether oxygens (including phenoxy) is 1. The summed E-state index contributed by atoms with van der Waals surface area (Å²) in [6.07, 6.45) is 1.31. The first-order valence-corrected chi connectivity index (χ1v) is 7.09. The number of hydrogen-bond donors (Lipinski definition) is 1. The lowest BCUT2D eigenvalue weighted by Gasteiger charge is -2.29. The number of amides is 2. The highest BCUT2D eigenvalue weighted by atomic mass is 32.2. The predicted octanol–water partition coefficient (Wildman–Crippen LogP) is 0.0184. The summed E-state index contributed by atoms with van der Waals surface area (Å²) < 4.78 is 5.32. The van der Waals surface area contributed by atoms with Crippen LogP contribution in [-0.2, 0) is 14.3 Å². The van der Waals surface area contributed by atoms with Gasteiger partial charge in [-0.05, 0) is 25.0 Å². The molecule has 0 aromatic heterocycles. The van der Waals surface area contributed by atoms with E-state index in [4.69, 9.17) is 9.84 Å². The van der Waals surface area contributed by atoms with E-state index in [0.717, 1.165) is 17.9 Å². The van der Waals surface area contributed by atoms with Gasteiger partial charge in [0.1, 0.15) is 12.2 Å². The van der Waals surface area contributed by atoms with Crippen LogP contribution in [0.3, 0.4) is 0 Å². The molecule has 0 spiro atoms. The molecule has 6 heteroatoms. The number of carbonyl (C=O) groups excluding carboxylic acids is 2. The van der Waals surface area contributed by atoms with Gasteiger partial charge in [-0.15, -0.1) is 0 Å². The molecule has 2 unspecified atom stereocenters. The Kier molecular flexibility index (Phi) is 4.42. The molecule has 2 saturated heterocycles. The monoisotopic (exact) mass is 259 g/mol. The molecule has 17 heavy (non-hydrogen) atoms. The molecule has 1 N–H and O–H groups in total. The number of thioether (sulfide) groups is 1. The summed E-state index contributed by atoms with van der Waals surface area (Å²) in [5.41, 5.74) is 0. The van der Waals surface area contributed by atoms with Crippen molar-refractivity contribution in [1.29, 1.82) is 0 Å². The van der Waals surface area contributed by atoms with E-state index in [0.29, 0.717) is 19.4 Å². The second-order valence-electron chi connectivity index (χ2n) is 4.21. The van der Waals surface area contributed by atoms with E-state index in [9.17, 15) is 9.59 Å². The van der Waals surface area contributed by atoms with Crippen LogP contribution in [0.15, 0.2) is 0 Å². The maximum atomic E-state index is 11.8. The van der Waals surface area contributed by atoms with Gasteiger partial charge in [-0.1, -0.05) is 0 Å². The number of imide groups is 1. The van der Waals surface area contributed by atoms with E-state index in [2.05, 4.69) is 0 Å². The van der Waals surface area contributed by atoms with Gasteiger partial charge in [0.2, 0.25) is 0 Å². The minimum Gasteiger partial charge on any atom is -0.396 e. The Hall–Kier alpha value is -0.590. The summed E-state index contributed by atoms with van der Waals surface area (Å²) in [7, 11) is 0. The average molecular weight is 259 g/mol. The van der Waals surface area contributed by atoms with Crippen LogP contribution in [-0.4, -0.2) is 58.7 Å².